The van der Waals surface area contributed by atoms with Crippen LogP contribution in [0.15, 0.2) is 48.5 Å². The van der Waals surface area contributed by atoms with Crippen molar-refractivity contribution >= 4 is 0 Å². The largest absolute Gasteiger partial charge is 0.461 e. The molecule has 0 aromatic heterocycles. The van der Waals surface area contributed by atoms with E-state index >= 15 is 0 Å². The normalized spacial score (nSPS) is 26.3. The van der Waals surface area contributed by atoms with Crippen molar-refractivity contribution in [3.63, 3.8) is 0 Å². The van der Waals surface area contributed by atoms with E-state index in [0.717, 1.165) is 72.3 Å². The molecule has 0 amide bonds. The second-order valence-electron chi connectivity index (χ2n) is 21.5. The molecule has 0 heterocycles. The summed E-state index contributed by atoms with van der Waals surface area (Å²) in [4.78, 5) is 0. The summed E-state index contributed by atoms with van der Waals surface area (Å²) in [7, 11) is 0. The monoisotopic (exact) mass is 955 g/mol. The van der Waals surface area contributed by atoms with Gasteiger partial charge in [0, 0.05) is 0 Å². The molecule has 382 valence electrons. The number of benzene rings is 2. The van der Waals surface area contributed by atoms with Crippen LogP contribution in [0.2, 0.25) is 0 Å². The summed E-state index contributed by atoms with van der Waals surface area (Å²) in [5, 5.41) is 0. The smallest absolute Gasteiger partial charge is 0.428 e. The Morgan fingerprint density at radius 2 is 0.627 bits per heavy atom. The van der Waals surface area contributed by atoms with Crippen molar-refractivity contribution in [3.8, 4) is 11.5 Å². The summed E-state index contributed by atoms with van der Waals surface area (Å²) in [5.41, 5.74) is 2.19. The Morgan fingerprint density at radius 1 is 0.373 bits per heavy atom. The van der Waals surface area contributed by atoms with Gasteiger partial charge in [-0.1, -0.05) is 186 Å². The van der Waals surface area contributed by atoms with Gasteiger partial charge < -0.3 is 9.47 Å². The molecular formula is C57H86F8O2. The first kappa shape index (κ1) is 55.4. The van der Waals surface area contributed by atoms with E-state index in [0.29, 0.717) is 11.8 Å². The van der Waals surface area contributed by atoms with Crippen molar-refractivity contribution in [2.24, 2.45) is 35.5 Å². The minimum absolute atomic E-state index is 0.214. The van der Waals surface area contributed by atoms with Gasteiger partial charge in [0.05, 0.1) is 0 Å². The van der Waals surface area contributed by atoms with Crippen LogP contribution in [0.4, 0.5) is 35.1 Å². The summed E-state index contributed by atoms with van der Waals surface area (Å²) in [6, 6.07) is 12.6. The molecule has 6 rings (SSSR count). The molecule has 10 heteroatoms. The van der Waals surface area contributed by atoms with Crippen LogP contribution < -0.4 is 9.47 Å². The first-order valence-corrected chi connectivity index (χ1v) is 27.1. The Labute approximate surface area is 399 Å². The molecular weight excluding hydrogens is 869 g/mol. The van der Waals surface area contributed by atoms with E-state index < -0.39 is 25.1 Å². The molecule has 4 saturated carbocycles. The summed E-state index contributed by atoms with van der Waals surface area (Å²) in [6.45, 7) is 4.55. The molecule has 2 aromatic rings. The van der Waals surface area contributed by atoms with Gasteiger partial charge in [-0.3, -0.25) is 0 Å². The van der Waals surface area contributed by atoms with Gasteiger partial charge in [-0.2, -0.15) is 35.1 Å². The highest BCUT2D eigenvalue weighted by Crippen LogP contribution is 2.43. The van der Waals surface area contributed by atoms with Crippen LogP contribution in [-0.2, 0) is 0 Å². The van der Waals surface area contributed by atoms with E-state index in [9.17, 15) is 35.1 Å². The minimum Gasteiger partial charge on any atom is -0.428 e. The van der Waals surface area contributed by atoms with Gasteiger partial charge in [0.25, 0.3) is 0 Å². The van der Waals surface area contributed by atoms with Crippen LogP contribution in [0.1, 0.15) is 236 Å². The number of halogens is 8. The molecule has 2 aromatic carbocycles. The Morgan fingerprint density at radius 3 is 0.910 bits per heavy atom. The average Bonchev–Trinajstić information content (AvgIpc) is 3.33. The van der Waals surface area contributed by atoms with Crippen molar-refractivity contribution in [2.75, 3.05) is 0 Å². The SMILES string of the molecule is CCCCCCC[C@H]1CC[C@H](CC[C@H]2CC[C@H](c3ccc(OC(F)(F)C(F)F)cc3)CC2)CC1.CCCCCC[C@H]1CC[C@H](CC[C@H]2CC[C@H](c3ccc(OC(F)(F)C(F)F)cc3)CC2)CC1. The lowest BCUT2D eigenvalue weighted by molar-refractivity contribution is -0.253. The van der Waals surface area contributed by atoms with E-state index in [1.54, 1.807) is 24.3 Å². The molecule has 4 aliphatic rings. The second-order valence-corrected chi connectivity index (χ2v) is 21.5. The van der Waals surface area contributed by atoms with Crippen molar-refractivity contribution in [1.29, 1.82) is 0 Å². The highest BCUT2D eigenvalue weighted by atomic mass is 19.3. The Kier molecular flexibility index (Phi) is 24.0. The summed E-state index contributed by atoms with van der Waals surface area (Å²) in [6.07, 6.45) is 25.1. The van der Waals surface area contributed by atoms with Gasteiger partial charge in [0.15, 0.2) is 0 Å². The summed E-state index contributed by atoms with van der Waals surface area (Å²) < 4.78 is 110. The van der Waals surface area contributed by atoms with Gasteiger partial charge in [-0.25, -0.2) is 0 Å². The fourth-order valence-corrected chi connectivity index (χ4v) is 12.0. The van der Waals surface area contributed by atoms with Crippen LogP contribution in [0.5, 0.6) is 11.5 Å². The zero-order valence-corrected chi connectivity index (χ0v) is 41.2. The van der Waals surface area contributed by atoms with E-state index in [4.69, 9.17) is 0 Å². The molecule has 4 fully saturated rings. The van der Waals surface area contributed by atoms with Crippen molar-refractivity contribution < 1.29 is 44.6 Å². The zero-order chi connectivity index (χ0) is 48.1. The lowest BCUT2D eigenvalue weighted by atomic mass is 9.74. The predicted octanol–water partition coefficient (Wildman–Crippen LogP) is 19.9. The van der Waals surface area contributed by atoms with Crippen LogP contribution in [-0.4, -0.2) is 25.1 Å². The molecule has 0 unspecified atom stereocenters. The van der Waals surface area contributed by atoms with Crippen LogP contribution in [0.3, 0.4) is 0 Å². The maximum Gasteiger partial charge on any atom is 0.461 e. The summed E-state index contributed by atoms with van der Waals surface area (Å²) >= 11 is 0. The molecule has 2 nitrogen and oxygen atoms in total. The van der Waals surface area contributed by atoms with E-state index in [1.807, 2.05) is 0 Å². The highest BCUT2D eigenvalue weighted by Gasteiger charge is 2.45. The number of rotatable bonds is 25. The quantitative estimate of drug-likeness (QED) is 0.0729. The molecule has 0 N–H and O–H groups in total. The average molecular weight is 955 g/mol. The Hall–Kier alpha value is -2.52. The minimum atomic E-state index is -4.45. The third-order valence-electron chi connectivity index (χ3n) is 16.5. The van der Waals surface area contributed by atoms with Gasteiger partial charge >= 0.3 is 25.1 Å². The van der Waals surface area contributed by atoms with Crippen molar-refractivity contribution in [2.45, 2.75) is 250 Å². The van der Waals surface area contributed by atoms with Gasteiger partial charge in [-0.15, -0.1) is 0 Å². The van der Waals surface area contributed by atoms with E-state index in [1.165, 1.54) is 198 Å². The molecule has 4 aliphatic carbocycles. The third-order valence-corrected chi connectivity index (χ3v) is 16.5. The molecule has 0 radical (unpaired) electrons. The standard InChI is InChI=1S/C29H44F4O.C28H42F4O/c1-2-3-4-5-6-7-22-8-10-23(11-9-22)12-13-24-14-16-25(17-15-24)26-18-20-27(21-19-26)34-29(32,33)28(30)31;1-2-3-4-5-6-21-7-9-22(10-8-21)11-12-23-13-15-24(16-14-23)25-17-19-26(20-18-25)33-28(31,32)27(29)30/h18-25,28H,2-17H2,1H3;17-24,27H,2-16H2,1H3/t22-,23-,24-,25-;21-,22-,23-,24-. The highest BCUT2D eigenvalue weighted by molar-refractivity contribution is 5.31. The predicted molar refractivity (Wildman–Crippen MR) is 257 cm³/mol. The van der Waals surface area contributed by atoms with Gasteiger partial charge in [-0.05, 0) is 134 Å². The first-order chi connectivity index (χ1) is 32.2. The lowest BCUT2D eigenvalue weighted by Gasteiger charge is -2.32. The molecule has 67 heavy (non-hydrogen) atoms. The Balaban J connectivity index is 0.000000251. The molecule has 0 bridgehead atoms. The van der Waals surface area contributed by atoms with Crippen LogP contribution >= 0.6 is 0 Å². The van der Waals surface area contributed by atoms with Crippen molar-refractivity contribution in [3.05, 3.63) is 59.7 Å². The lowest BCUT2D eigenvalue weighted by Crippen LogP contribution is -2.33. The molecule has 0 atom stereocenters. The van der Waals surface area contributed by atoms with Crippen molar-refractivity contribution in [1.82, 2.24) is 0 Å². The van der Waals surface area contributed by atoms with Crippen LogP contribution in [0, 0.1) is 35.5 Å². The van der Waals surface area contributed by atoms with E-state index in [-0.39, 0.29) is 11.5 Å². The number of alkyl halides is 8. The second kappa shape index (κ2) is 29.0. The molecule has 0 saturated heterocycles. The molecule has 0 spiro atoms. The fourth-order valence-electron chi connectivity index (χ4n) is 12.0. The van der Waals surface area contributed by atoms with Gasteiger partial charge in [0.2, 0.25) is 0 Å². The fraction of sp³-hybridized carbons (Fsp3) is 0.789. The number of unbranched alkanes of at least 4 members (excludes halogenated alkanes) is 7. The Bertz CT molecular complexity index is 1570. The third kappa shape index (κ3) is 19.7. The summed E-state index contributed by atoms with van der Waals surface area (Å²) in [5.74, 6) is 5.84. The van der Waals surface area contributed by atoms with Crippen LogP contribution in [0.25, 0.3) is 0 Å². The maximum absolute atomic E-state index is 13.1. The first-order valence-electron chi connectivity index (χ1n) is 27.1. The number of hydrogen-bond acceptors (Lipinski definition) is 2. The maximum atomic E-state index is 13.1. The topological polar surface area (TPSA) is 18.5 Å². The zero-order valence-electron chi connectivity index (χ0n) is 41.2. The molecule has 0 aliphatic heterocycles. The van der Waals surface area contributed by atoms with E-state index in [2.05, 4.69) is 23.3 Å². The van der Waals surface area contributed by atoms with Gasteiger partial charge in [0.1, 0.15) is 11.5 Å². The number of ether oxygens (including phenoxy) is 2. The number of hydrogen-bond donors (Lipinski definition) is 0.